The van der Waals surface area contributed by atoms with Crippen LogP contribution in [0, 0.1) is 0 Å². The Morgan fingerprint density at radius 1 is 1.43 bits per heavy atom. The minimum atomic E-state index is 0.263. The van der Waals surface area contributed by atoms with Crippen LogP contribution in [0.5, 0.6) is 5.75 Å². The molecule has 14 heavy (non-hydrogen) atoms. The van der Waals surface area contributed by atoms with Crippen molar-refractivity contribution in [3.05, 3.63) is 38.7 Å². The van der Waals surface area contributed by atoms with Crippen molar-refractivity contribution < 1.29 is 4.74 Å². The van der Waals surface area contributed by atoms with Crippen molar-refractivity contribution in [1.82, 2.24) is 0 Å². The molecule has 0 radical (unpaired) electrons. The zero-order valence-corrected chi connectivity index (χ0v) is 8.66. The molecule has 0 saturated carbocycles. The number of hydrogen-bond acceptors (Lipinski definition) is 2. The molecular weight excluding hydrogens is 225 g/mol. The standard InChI is InChI=1S/C8H7Cl2N3O/c9-6-1-2-7(10)8(5-6)14-4-3-12-13-11/h1-2,5H,3-4H2. The maximum atomic E-state index is 8.02. The van der Waals surface area contributed by atoms with Gasteiger partial charge in [0.2, 0.25) is 0 Å². The molecule has 0 heterocycles. The van der Waals surface area contributed by atoms with Crippen LogP contribution in [0.15, 0.2) is 23.3 Å². The third-order valence-corrected chi connectivity index (χ3v) is 1.95. The van der Waals surface area contributed by atoms with Gasteiger partial charge >= 0.3 is 0 Å². The number of rotatable bonds is 4. The second-order valence-electron chi connectivity index (χ2n) is 2.38. The zero-order valence-electron chi connectivity index (χ0n) is 7.15. The van der Waals surface area contributed by atoms with Gasteiger partial charge in [-0.3, -0.25) is 0 Å². The molecule has 0 bridgehead atoms. The quantitative estimate of drug-likeness (QED) is 0.338. The average molecular weight is 232 g/mol. The van der Waals surface area contributed by atoms with E-state index in [9.17, 15) is 0 Å². The average Bonchev–Trinajstić information content (AvgIpc) is 2.18. The predicted octanol–water partition coefficient (Wildman–Crippen LogP) is 3.68. The summed E-state index contributed by atoms with van der Waals surface area (Å²) in [5, 5.41) is 4.35. The fourth-order valence-electron chi connectivity index (χ4n) is 0.829. The number of halogens is 2. The van der Waals surface area contributed by atoms with Gasteiger partial charge in [-0.2, -0.15) is 0 Å². The molecule has 0 aliphatic rings. The van der Waals surface area contributed by atoms with Gasteiger partial charge in [-0.15, -0.1) is 0 Å². The van der Waals surface area contributed by atoms with E-state index in [1.54, 1.807) is 18.2 Å². The second kappa shape index (κ2) is 5.60. The first kappa shape index (κ1) is 11.0. The summed E-state index contributed by atoms with van der Waals surface area (Å²) in [5.41, 5.74) is 8.02. The number of ether oxygens (including phenoxy) is 1. The van der Waals surface area contributed by atoms with Crippen molar-refractivity contribution in [2.75, 3.05) is 13.2 Å². The molecule has 0 unspecified atom stereocenters. The minimum absolute atomic E-state index is 0.263. The highest BCUT2D eigenvalue weighted by molar-refractivity contribution is 6.34. The van der Waals surface area contributed by atoms with E-state index in [0.717, 1.165) is 0 Å². The molecule has 1 rings (SSSR count). The molecular formula is C8H7Cl2N3O. The van der Waals surface area contributed by atoms with Gasteiger partial charge in [-0.1, -0.05) is 28.3 Å². The fraction of sp³-hybridized carbons (Fsp3) is 0.250. The van der Waals surface area contributed by atoms with Crippen molar-refractivity contribution in [2.24, 2.45) is 5.11 Å². The van der Waals surface area contributed by atoms with Crippen molar-refractivity contribution in [3.8, 4) is 5.75 Å². The normalized spacial score (nSPS) is 9.29. The summed E-state index contributed by atoms with van der Waals surface area (Å²) in [5.74, 6) is 0.493. The molecule has 0 saturated heterocycles. The van der Waals surface area contributed by atoms with Crippen LogP contribution in [0.2, 0.25) is 10.0 Å². The lowest BCUT2D eigenvalue weighted by molar-refractivity contribution is 0.328. The Morgan fingerprint density at radius 2 is 2.21 bits per heavy atom. The molecule has 0 fully saturated rings. The molecule has 1 aromatic rings. The highest BCUT2D eigenvalue weighted by Crippen LogP contribution is 2.27. The third kappa shape index (κ3) is 3.34. The lowest BCUT2D eigenvalue weighted by atomic mass is 10.3. The van der Waals surface area contributed by atoms with E-state index < -0.39 is 0 Å². The summed E-state index contributed by atoms with van der Waals surface area (Å²) < 4.78 is 5.24. The van der Waals surface area contributed by atoms with Crippen LogP contribution < -0.4 is 4.74 Å². The summed E-state index contributed by atoms with van der Waals surface area (Å²) >= 11 is 11.6. The number of azide groups is 1. The molecule has 0 aliphatic heterocycles. The van der Waals surface area contributed by atoms with Crippen LogP contribution >= 0.6 is 23.2 Å². The number of benzene rings is 1. The Hall–Kier alpha value is -1.09. The van der Waals surface area contributed by atoms with Crippen LogP contribution in [0.25, 0.3) is 10.4 Å². The SMILES string of the molecule is [N-]=[N+]=NCCOc1cc(Cl)ccc1Cl. The van der Waals surface area contributed by atoms with Gasteiger partial charge < -0.3 is 4.74 Å². The van der Waals surface area contributed by atoms with Crippen molar-refractivity contribution in [2.45, 2.75) is 0 Å². The Bertz CT molecular complexity index is 364. The van der Waals surface area contributed by atoms with E-state index in [-0.39, 0.29) is 13.2 Å². The van der Waals surface area contributed by atoms with Crippen LogP contribution in [0.4, 0.5) is 0 Å². The predicted molar refractivity (Wildman–Crippen MR) is 56.0 cm³/mol. The highest BCUT2D eigenvalue weighted by Gasteiger charge is 2.01. The Labute approximate surface area is 91.0 Å². The number of nitrogens with zero attached hydrogens (tertiary/aromatic N) is 3. The summed E-state index contributed by atoms with van der Waals surface area (Å²) in [6, 6.07) is 4.93. The molecule has 0 amide bonds. The smallest absolute Gasteiger partial charge is 0.139 e. The topological polar surface area (TPSA) is 58.0 Å². The highest BCUT2D eigenvalue weighted by atomic mass is 35.5. The lowest BCUT2D eigenvalue weighted by Crippen LogP contribution is -2.00. The molecule has 74 valence electrons. The molecule has 6 heteroatoms. The molecule has 4 nitrogen and oxygen atoms in total. The van der Waals surface area contributed by atoms with Gasteiger partial charge in [0.25, 0.3) is 0 Å². The van der Waals surface area contributed by atoms with Gasteiger partial charge in [0, 0.05) is 16.0 Å². The zero-order chi connectivity index (χ0) is 10.4. The number of hydrogen-bond donors (Lipinski definition) is 0. The van der Waals surface area contributed by atoms with Crippen molar-refractivity contribution in [1.29, 1.82) is 0 Å². The molecule has 0 N–H and O–H groups in total. The van der Waals surface area contributed by atoms with Crippen LogP contribution in [-0.2, 0) is 0 Å². The van der Waals surface area contributed by atoms with Crippen molar-refractivity contribution >= 4 is 23.2 Å². The molecule has 0 atom stereocenters. The Balaban J connectivity index is 2.57. The maximum absolute atomic E-state index is 8.02. The molecule has 0 spiro atoms. The van der Waals surface area contributed by atoms with E-state index in [0.29, 0.717) is 15.8 Å². The Morgan fingerprint density at radius 3 is 2.93 bits per heavy atom. The maximum Gasteiger partial charge on any atom is 0.139 e. The largest absolute Gasteiger partial charge is 0.492 e. The van der Waals surface area contributed by atoms with E-state index >= 15 is 0 Å². The van der Waals surface area contributed by atoms with E-state index in [1.807, 2.05) is 0 Å². The fourth-order valence-corrected chi connectivity index (χ4v) is 1.16. The first-order chi connectivity index (χ1) is 6.74. The van der Waals surface area contributed by atoms with Gasteiger partial charge in [0.05, 0.1) is 18.2 Å². The molecule has 0 aliphatic carbocycles. The minimum Gasteiger partial charge on any atom is -0.492 e. The van der Waals surface area contributed by atoms with Gasteiger partial charge in [0.15, 0.2) is 0 Å². The van der Waals surface area contributed by atoms with E-state index in [1.165, 1.54) is 0 Å². The van der Waals surface area contributed by atoms with Gasteiger partial charge in [0.1, 0.15) is 5.75 Å². The van der Waals surface area contributed by atoms with Crippen LogP contribution in [0.3, 0.4) is 0 Å². The molecule has 0 aromatic heterocycles. The summed E-state index contributed by atoms with van der Waals surface area (Å²) in [7, 11) is 0. The second-order valence-corrected chi connectivity index (χ2v) is 3.22. The summed E-state index contributed by atoms with van der Waals surface area (Å²) in [6.07, 6.45) is 0. The summed E-state index contributed by atoms with van der Waals surface area (Å²) in [4.78, 5) is 2.59. The van der Waals surface area contributed by atoms with Crippen LogP contribution in [-0.4, -0.2) is 13.2 Å². The van der Waals surface area contributed by atoms with Crippen LogP contribution in [0.1, 0.15) is 0 Å². The van der Waals surface area contributed by atoms with E-state index in [2.05, 4.69) is 10.0 Å². The molecule has 1 aromatic carbocycles. The van der Waals surface area contributed by atoms with Crippen molar-refractivity contribution in [3.63, 3.8) is 0 Å². The van der Waals surface area contributed by atoms with Gasteiger partial charge in [-0.05, 0) is 17.7 Å². The third-order valence-electron chi connectivity index (χ3n) is 1.41. The first-order valence-electron chi connectivity index (χ1n) is 3.83. The Kier molecular flexibility index (Phi) is 4.40. The van der Waals surface area contributed by atoms with E-state index in [4.69, 9.17) is 33.5 Å². The van der Waals surface area contributed by atoms with Gasteiger partial charge in [-0.25, -0.2) is 0 Å². The summed E-state index contributed by atoms with van der Waals surface area (Å²) in [6.45, 7) is 0.545. The first-order valence-corrected chi connectivity index (χ1v) is 4.58. The monoisotopic (exact) mass is 231 g/mol. The lowest BCUT2D eigenvalue weighted by Gasteiger charge is -2.06.